The Morgan fingerprint density at radius 2 is 2.10 bits per heavy atom. The van der Waals surface area contributed by atoms with Crippen LogP contribution in [-0.4, -0.2) is 35.0 Å². The Balaban J connectivity index is 2.13. The molecule has 0 radical (unpaired) electrons. The third-order valence-electron chi connectivity index (χ3n) is 3.48. The molecule has 1 fully saturated rings. The van der Waals surface area contributed by atoms with E-state index in [0.717, 1.165) is 18.4 Å². The molecule has 0 heterocycles. The number of halogens is 1. The lowest BCUT2D eigenvalue weighted by Gasteiger charge is -2.23. The van der Waals surface area contributed by atoms with Crippen LogP contribution in [0.15, 0.2) is 18.2 Å². The number of rotatable bonds is 6. The quantitative estimate of drug-likeness (QED) is 0.878. The maximum Gasteiger partial charge on any atom is 0.305 e. The molecule has 1 aliphatic carbocycles. The summed E-state index contributed by atoms with van der Waals surface area (Å²) in [4.78, 5) is 24.9. The number of nitrogens with zero attached hydrogens (tertiary/aromatic N) is 1. The first-order valence-corrected chi connectivity index (χ1v) is 7.12. The average Bonchev–Trinajstić information content (AvgIpc) is 3.17. The summed E-state index contributed by atoms with van der Waals surface area (Å²) in [7, 11) is 0. The van der Waals surface area contributed by atoms with Crippen LogP contribution >= 0.6 is 11.6 Å². The third kappa shape index (κ3) is 3.97. The van der Waals surface area contributed by atoms with Crippen molar-refractivity contribution in [1.82, 2.24) is 4.90 Å². The molecule has 108 valence electrons. The predicted molar refractivity (Wildman–Crippen MR) is 77.1 cm³/mol. The van der Waals surface area contributed by atoms with Crippen molar-refractivity contribution in [2.45, 2.75) is 26.2 Å². The van der Waals surface area contributed by atoms with Gasteiger partial charge in [-0.15, -0.1) is 0 Å². The Kier molecular flexibility index (Phi) is 4.65. The topological polar surface area (TPSA) is 57.6 Å². The van der Waals surface area contributed by atoms with E-state index in [1.807, 2.05) is 6.92 Å². The number of carboxylic acids is 1. The van der Waals surface area contributed by atoms with Crippen molar-refractivity contribution >= 4 is 23.5 Å². The van der Waals surface area contributed by atoms with Gasteiger partial charge in [-0.2, -0.15) is 0 Å². The lowest BCUT2D eigenvalue weighted by molar-refractivity contribution is -0.137. The summed E-state index contributed by atoms with van der Waals surface area (Å²) in [5, 5.41) is 9.40. The first-order valence-electron chi connectivity index (χ1n) is 6.74. The molecule has 1 aromatic rings. The molecule has 4 nitrogen and oxygen atoms in total. The summed E-state index contributed by atoms with van der Waals surface area (Å²) in [5.41, 5.74) is 1.42. The van der Waals surface area contributed by atoms with E-state index in [2.05, 4.69) is 0 Å². The molecule has 20 heavy (non-hydrogen) atoms. The first-order chi connectivity index (χ1) is 9.47. The van der Waals surface area contributed by atoms with Crippen molar-refractivity contribution in [3.63, 3.8) is 0 Å². The van der Waals surface area contributed by atoms with Gasteiger partial charge in [-0.1, -0.05) is 11.6 Å². The van der Waals surface area contributed by atoms with E-state index < -0.39 is 5.97 Å². The van der Waals surface area contributed by atoms with Gasteiger partial charge in [-0.25, -0.2) is 0 Å². The average molecular weight is 296 g/mol. The SMILES string of the molecule is Cc1cc(Cl)ccc1C(=O)N(CCC(=O)O)CC1CC1. The van der Waals surface area contributed by atoms with Crippen LogP contribution in [0.4, 0.5) is 0 Å². The van der Waals surface area contributed by atoms with Crippen molar-refractivity contribution in [3.8, 4) is 0 Å². The highest BCUT2D eigenvalue weighted by atomic mass is 35.5. The third-order valence-corrected chi connectivity index (χ3v) is 3.71. The summed E-state index contributed by atoms with van der Waals surface area (Å²) in [6.45, 7) is 2.74. The molecule has 1 aliphatic rings. The fraction of sp³-hybridized carbons (Fsp3) is 0.467. The van der Waals surface area contributed by atoms with Crippen LogP contribution in [0.3, 0.4) is 0 Å². The molecule has 0 bridgehead atoms. The molecule has 0 spiro atoms. The van der Waals surface area contributed by atoms with E-state index in [0.29, 0.717) is 23.0 Å². The maximum absolute atomic E-state index is 12.5. The Bertz CT molecular complexity index is 526. The molecule has 0 aliphatic heterocycles. The Morgan fingerprint density at radius 3 is 2.65 bits per heavy atom. The second-order valence-electron chi connectivity index (χ2n) is 5.30. The molecule has 1 N–H and O–H groups in total. The minimum atomic E-state index is -0.883. The van der Waals surface area contributed by atoms with Crippen LogP contribution in [0.5, 0.6) is 0 Å². The van der Waals surface area contributed by atoms with Gasteiger partial charge in [-0.3, -0.25) is 9.59 Å². The van der Waals surface area contributed by atoms with Gasteiger partial charge in [0.2, 0.25) is 0 Å². The van der Waals surface area contributed by atoms with E-state index in [-0.39, 0.29) is 18.9 Å². The van der Waals surface area contributed by atoms with E-state index in [9.17, 15) is 9.59 Å². The van der Waals surface area contributed by atoms with Gasteiger partial charge in [0.15, 0.2) is 0 Å². The van der Waals surface area contributed by atoms with E-state index in [1.54, 1.807) is 23.1 Å². The number of hydrogen-bond donors (Lipinski definition) is 1. The van der Waals surface area contributed by atoms with Crippen LogP contribution < -0.4 is 0 Å². The number of hydrogen-bond acceptors (Lipinski definition) is 2. The standard InChI is InChI=1S/C15H18ClNO3/c1-10-8-12(16)4-5-13(10)15(20)17(7-6-14(18)19)9-11-2-3-11/h4-5,8,11H,2-3,6-7,9H2,1H3,(H,18,19). The van der Waals surface area contributed by atoms with E-state index >= 15 is 0 Å². The first kappa shape index (κ1) is 14.9. The monoisotopic (exact) mass is 295 g/mol. The van der Waals surface area contributed by atoms with Gasteiger partial charge in [0.05, 0.1) is 6.42 Å². The molecule has 1 saturated carbocycles. The largest absolute Gasteiger partial charge is 0.481 e. The minimum absolute atomic E-state index is 0.0227. The van der Waals surface area contributed by atoms with E-state index in [4.69, 9.17) is 16.7 Å². The molecule has 1 amide bonds. The molecule has 2 rings (SSSR count). The maximum atomic E-state index is 12.5. The van der Waals surface area contributed by atoms with Gasteiger partial charge in [0.25, 0.3) is 5.91 Å². The summed E-state index contributed by atoms with van der Waals surface area (Å²) in [5.74, 6) is -0.459. The summed E-state index contributed by atoms with van der Waals surface area (Å²) >= 11 is 5.90. The highest BCUT2D eigenvalue weighted by molar-refractivity contribution is 6.30. The van der Waals surface area contributed by atoms with Crippen LogP contribution in [-0.2, 0) is 4.79 Å². The highest BCUT2D eigenvalue weighted by Gasteiger charge is 2.28. The fourth-order valence-electron chi connectivity index (χ4n) is 2.16. The number of carbonyl (C=O) groups excluding carboxylic acids is 1. The molecular weight excluding hydrogens is 278 g/mol. The minimum Gasteiger partial charge on any atom is -0.481 e. The normalized spacial score (nSPS) is 14.1. The van der Waals surface area contributed by atoms with Crippen molar-refractivity contribution in [1.29, 1.82) is 0 Å². The molecule has 5 heteroatoms. The molecule has 0 aromatic heterocycles. The molecule has 0 unspecified atom stereocenters. The van der Waals surface area contributed by atoms with Gasteiger partial charge in [0, 0.05) is 23.7 Å². The zero-order chi connectivity index (χ0) is 14.7. The molecule has 1 aromatic carbocycles. The van der Waals surface area contributed by atoms with Crippen molar-refractivity contribution in [2.75, 3.05) is 13.1 Å². The van der Waals surface area contributed by atoms with Gasteiger partial charge in [-0.05, 0) is 49.4 Å². The zero-order valence-corrected chi connectivity index (χ0v) is 12.2. The van der Waals surface area contributed by atoms with Crippen molar-refractivity contribution in [3.05, 3.63) is 34.3 Å². The van der Waals surface area contributed by atoms with Gasteiger partial charge in [0.1, 0.15) is 0 Å². The van der Waals surface area contributed by atoms with Crippen LogP contribution in [0, 0.1) is 12.8 Å². The van der Waals surface area contributed by atoms with Gasteiger partial charge < -0.3 is 10.0 Å². The Morgan fingerprint density at radius 1 is 1.40 bits per heavy atom. The number of carboxylic acid groups (broad SMARTS) is 1. The predicted octanol–water partition coefficient (Wildman–Crippen LogP) is 2.98. The molecular formula is C15H18ClNO3. The summed E-state index contributed by atoms with van der Waals surface area (Å²) in [6, 6.07) is 5.15. The van der Waals surface area contributed by atoms with Crippen LogP contribution in [0.25, 0.3) is 0 Å². The number of aryl methyl sites for hydroxylation is 1. The number of carbonyl (C=O) groups is 2. The smallest absolute Gasteiger partial charge is 0.305 e. The van der Waals surface area contributed by atoms with Crippen LogP contribution in [0.2, 0.25) is 5.02 Å². The number of benzene rings is 1. The van der Waals surface area contributed by atoms with E-state index in [1.165, 1.54) is 0 Å². The fourth-order valence-corrected chi connectivity index (χ4v) is 2.38. The summed E-state index contributed by atoms with van der Waals surface area (Å²) in [6.07, 6.45) is 2.22. The highest BCUT2D eigenvalue weighted by Crippen LogP contribution is 2.30. The second-order valence-corrected chi connectivity index (χ2v) is 5.73. The summed E-state index contributed by atoms with van der Waals surface area (Å²) < 4.78 is 0. The molecule has 0 atom stereocenters. The lowest BCUT2D eigenvalue weighted by atomic mass is 10.1. The Labute approximate surface area is 123 Å². The van der Waals surface area contributed by atoms with Gasteiger partial charge >= 0.3 is 5.97 Å². The number of amides is 1. The molecule has 0 saturated heterocycles. The van der Waals surface area contributed by atoms with Crippen molar-refractivity contribution in [2.24, 2.45) is 5.92 Å². The van der Waals surface area contributed by atoms with Crippen molar-refractivity contribution < 1.29 is 14.7 Å². The second kappa shape index (κ2) is 6.27. The lowest BCUT2D eigenvalue weighted by Crippen LogP contribution is -2.35. The Hall–Kier alpha value is -1.55. The number of aliphatic carboxylic acids is 1. The van der Waals surface area contributed by atoms with Crippen LogP contribution in [0.1, 0.15) is 35.2 Å². The zero-order valence-electron chi connectivity index (χ0n) is 11.4.